The normalized spacial score (nSPS) is 12.2. The second-order valence-corrected chi connectivity index (χ2v) is 9.34. The predicted molar refractivity (Wildman–Crippen MR) is 168 cm³/mol. The third kappa shape index (κ3) is 13.2. The van der Waals surface area contributed by atoms with E-state index in [0.29, 0.717) is 0 Å². The molecule has 0 aliphatic carbocycles. The minimum Gasteiger partial charge on any atom is -0.663 e. The first-order chi connectivity index (χ1) is 18.5. The molecule has 0 unspecified atom stereocenters. The minimum absolute atomic E-state index is 0. The number of aryl methyl sites for hydroxylation is 2. The molecule has 1 heterocycles. The summed E-state index contributed by atoms with van der Waals surface area (Å²) >= 11 is 0. The Bertz CT molecular complexity index is 965. The fourth-order valence-electron chi connectivity index (χ4n) is 4.25. The van der Waals surface area contributed by atoms with Crippen LogP contribution in [0.15, 0.2) is 60.2 Å². The Labute approximate surface area is 250 Å². The smallest absolute Gasteiger partial charge is 0.663 e. The van der Waals surface area contributed by atoms with E-state index >= 15 is 0 Å². The van der Waals surface area contributed by atoms with Crippen molar-refractivity contribution in [3.8, 4) is 0 Å². The van der Waals surface area contributed by atoms with Gasteiger partial charge in [0.15, 0.2) is 0 Å². The molecule has 0 bridgehead atoms. The van der Waals surface area contributed by atoms with Gasteiger partial charge < -0.3 is 16.2 Å². The van der Waals surface area contributed by atoms with Crippen LogP contribution in [0.3, 0.4) is 0 Å². The van der Waals surface area contributed by atoms with Crippen molar-refractivity contribution in [2.75, 3.05) is 26.2 Å². The summed E-state index contributed by atoms with van der Waals surface area (Å²) in [4.78, 5) is 0. The van der Waals surface area contributed by atoms with E-state index in [1.807, 2.05) is 27.7 Å². The van der Waals surface area contributed by atoms with Gasteiger partial charge >= 0.3 is 16.5 Å². The van der Waals surface area contributed by atoms with Crippen LogP contribution in [0.1, 0.15) is 103 Å². The number of hydrogen-bond acceptors (Lipinski definition) is 0. The number of allylic oxidation sites excluding steroid dienone is 2. The summed E-state index contributed by atoms with van der Waals surface area (Å²) in [6.45, 7) is 18.6. The van der Waals surface area contributed by atoms with E-state index in [1.54, 1.807) is 0 Å². The van der Waals surface area contributed by atoms with Crippen molar-refractivity contribution in [1.29, 1.82) is 0 Å². The van der Waals surface area contributed by atoms with Crippen molar-refractivity contribution in [2.45, 2.75) is 93.4 Å². The van der Waals surface area contributed by atoms with E-state index in [0.717, 1.165) is 74.4 Å². The van der Waals surface area contributed by atoms with Crippen molar-refractivity contribution >= 4 is 11.4 Å². The van der Waals surface area contributed by atoms with Gasteiger partial charge in [-0.05, 0) is 61.1 Å². The summed E-state index contributed by atoms with van der Waals surface area (Å²) in [5, 5.41) is 7.94. The summed E-state index contributed by atoms with van der Waals surface area (Å²) in [6, 6.07) is 17.1. The SMILES string of the molecule is CCCCCCC1=C(c2ccc(CC)cc2)[N+](=[N-])C(c2ccc(CC)cc2)=C1.CC[N-]CC.CC[N-]CC.[Ni+2]. The van der Waals surface area contributed by atoms with Crippen LogP contribution >= 0.6 is 0 Å². The van der Waals surface area contributed by atoms with Crippen LogP contribution in [0, 0.1) is 0 Å². The Balaban J connectivity index is 0.00000113. The van der Waals surface area contributed by atoms with Crippen LogP contribution in [0.5, 0.6) is 0 Å². The van der Waals surface area contributed by atoms with E-state index in [-0.39, 0.29) is 16.5 Å². The van der Waals surface area contributed by atoms with Gasteiger partial charge in [0, 0.05) is 22.8 Å². The summed E-state index contributed by atoms with van der Waals surface area (Å²) in [6.07, 6.45) is 10.1. The first-order valence-electron chi connectivity index (χ1n) is 14.9. The monoisotopic (exact) mass is 574 g/mol. The minimum atomic E-state index is 0. The molecule has 0 saturated carbocycles. The van der Waals surface area contributed by atoms with Crippen molar-refractivity contribution < 1.29 is 21.2 Å². The number of benzene rings is 2. The molecular formula is C34H52N4Ni. The molecule has 0 amide bonds. The van der Waals surface area contributed by atoms with Crippen LogP contribution in [0.4, 0.5) is 0 Å². The maximum atomic E-state index is 11.1. The van der Waals surface area contributed by atoms with E-state index in [2.05, 4.69) is 86.0 Å². The maximum Gasteiger partial charge on any atom is 2.00 e. The molecular weight excluding hydrogens is 523 g/mol. The summed E-state index contributed by atoms with van der Waals surface area (Å²) in [5.41, 5.74) is 18.9. The zero-order valence-electron chi connectivity index (χ0n) is 25.6. The summed E-state index contributed by atoms with van der Waals surface area (Å²) in [5.74, 6) is 0. The Morgan fingerprint density at radius 2 is 1.08 bits per heavy atom. The van der Waals surface area contributed by atoms with Crippen LogP contribution in [-0.2, 0) is 29.3 Å². The molecule has 0 radical (unpaired) electrons. The number of nitrogens with zero attached hydrogens (tertiary/aromatic N) is 4. The molecule has 0 N–H and O–H groups in total. The zero-order chi connectivity index (χ0) is 28.2. The van der Waals surface area contributed by atoms with Crippen molar-refractivity contribution in [1.82, 2.24) is 0 Å². The third-order valence-corrected chi connectivity index (χ3v) is 6.54. The Hall–Kier alpha value is -2.07. The van der Waals surface area contributed by atoms with E-state index in [9.17, 15) is 5.53 Å². The molecule has 218 valence electrons. The molecule has 5 heteroatoms. The van der Waals surface area contributed by atoms with Crippen LogP contribution in [-0.4, -0.2) is 30.9 Å². The fourth-order valence-corrected chi connectivity index (χ4v) is 4.25. The zero-order valence-corrected chi connectivity index (χ0v) is 26.6. The molecule has 39 heavy (non-hydrogen) atoms. The summed E-state index contributed by atoms with van der Waals surface area (Å²) in [7, 11) is 0. The molecule has 0 atom stereocenters. The van der Waals surface area contributed by atoms with Crippen LogP contribution < -0.4 is 0 Å². The first-order valence-corrected chi connectivity index (χ1v) is 14.9. The van der Waals surface area contributed by atoms with Gasteiger partial charge in [-0.15, -0.1) is 0 Å². The van der Waals surface area contributed by atoms with Gasteiger partial charge in [-0.25, -0.2) is 4.70 Å². The fraction of sp³-hybridized carbons (Fsp3) is 0.529. The van der Waals surface area contributed by atoms with Crippen molar-refractivity contribution in [3.63, 3.8) is 0 Å². The largest absolute Gasteiger partial charge is 2.00 e. The van der Waals surface area contributed by atoms with Gasteiger partial charge in [0.2, 0.25) is 11.4 Å². The molecule has 4 nitrogen and oxygen atoms in total. The molecule has 0 saturated heterocycles. The van der Waals surface area contributed by atoms with Gasteiger partial charge in [0.05, 0.1) is 0 Å². The molecule has 1 aliphatic heterocycles. The number of rotatable bonds is 13. The standard InChI is InChI=1S/C26H32N2.2C4H10N.Ni/c1-4-7-8-9-10-24-19-25(22-15-11-20(5-2)12-16-22)28(27)26(24)23-17-13-21(6-3)14-18-23;2*1-3-5-4-2;/h11-19H,4-10H2,1-3H3;2*3-4H2,1-2H3;/q;2*-1;+2. The van der Waals surface area contributed by atoms with Gasteiger partial charge in [0.25, 0.3) is 0 Å². The summed E-state index contributed by atoms with van der Waals surface area (Å²) < 4.78 is 1.40. The van der Waals surface area contributed by atoms with Crippen LogP contribution in [0.25, 0.3) is 27.6 Å². The first kappa shape index (κ1) is 36.9. The molecule has 3 rings (SSSR count). The molecule has 2 aromatic carbocycles. The number of unbranched alkanes of at least 4 members (excludes halogenated alkanes) is 3. The Kier molecular flexibility index (Phi) is 21.5. The van der Waals surface area contributed by atoms with Gasteiger partial charge in [-0.1, -0.05) is 92.0 Å². The van der Waals surface area contributed by atoms with E-state index < -0.39 is 0 Å². The molecule has 0 aromatic heterocycles. The van der Waals surface area contributed by atoms with Crippen molar-refractivity contribution in [3.05, 3.63) is 98.6 Å². The van der Waals surface area contributed by atoms with Crippen LogP contribution in [0.2, 0.25) is 0 Å². The van der Waals surface area contributed by atoms with E-state index in [4.69, 9.17) is 0 Å². The molecule has 0 spiro atoms. The van der Waals surface area contributed by atoms with Gasteiger partial charge in [-0.2, -0.15) is 26.2 Å². The van der Waals surface area contributed by atoms with Crippen molar-refractivity contribution in [2.24, 2.45) is 0 Å². The average Bonchev–Trinajstić information content (AvgIpc) is 3.28. The second kappa shape index (κ2) is 22.7. The molecule has 0 fully saturated rings. The maximum absolute atomic E-state index is 11.1. The van der Waals surface area contributed by atoms with Gasteiger partial charge in [0.1, 0.15) is 0 Å². The van der Waals surface area contributed by atoms with Gasteiger partial charge in [-0.3, -0.25) is 0 Å². The van der Waals surface area contributed by atoms with E-state index in [1.165, 1.54) is 40.7 Å². The second-order valence-electron chi connectivity index (χ2n) is 9.34. The third-order valence-electron chi connectivity index (χ3n) is 6.54. The Morgan fingerprint density at radius 1 is 0.615 bits per heavy atom. The quantitative estimate of drug-likeness (QED) is 0.130. The topological polar surface area (TPSA) is 53.5 Å². The average molecular weight is 576 g/mol. The Morgan fingerprint density at radius 3 is 1.46 bits per heavy atom. The predicted octanol–water partition coefficient (Wildman–Crippen LogP) is 10.4. The molecule has 1 aliphatic rings. The molecule has 2 aromatic rings. The number of hydrogen-bond donors (Lipinski definition) is 0.